The fourth-order valence-corrected chi connectivity index (χ4v) is 2.73. The van der Waals surface area contributed by atoms with Crippen LogP contribution in [-0.2, 0) is 4.79 Å². The highest BCUT2D eigenvalue weighted by atomic mass is 16.5. The number of ether oxygens (including phenoxy) is 1. The van der Waals surface area contributed by atoms with E-state index in [4.69, 9.17) is 10.5 Å². The van der Waals surface area contributed by atoms with Crippen molar-refractivity contribution in [3.63, 3.8) is 0 Å². The molecule has 1 saturated heterocycles. The molecule has 2 rings (SSSR count). The van der Waals surface area contributed by atoms with Crippen molar-refractivity contribution in [2.75, 3.05) is 37.9 Å². The van der Waals surface area contributed by atoms with Crippen molar-refractivity contribution in [3.8, 4) is 5.75 Å². The average Bonchev–Trinajstić information content (AvgIpc) is 2.54. The SMILES string of the molecule is C=CC(=O)N1CCC(N(C)c2ccc(N)c(OC)c2)CC1. The molecule has 0 aromatic heterocycles. The van der Waals surface area contributed by atoms with Crippen LogP contribution in [-0.4, -0.2) is 44.1 Å². The minimum Gasteiger partial charge on any atom is -0.495 e. The molecule has 0 spiro atoms. The van der Waals surface area contributed by atoms with Gasteiger partial charge in [0.05, 0.1) is 12.8 Å². The average molecular weight is 289 g/mol. The molecule has 2 N–H and O–H groups in total. The van der Waals surface area contributed by atoms with Crippen molar-refractivity contribution < 1.29 is 9.53 Å². The Balaban J connectivity index is 2.03. The molecule has 1 fully saturated rings. The summed E-state index contributed by atoms with van der Waals surface area (Å²) in [6.45, 7) is 5.08. The molecule has 0 bridgehead atoms. The van der Waals surface area contributed by atoms with Gasteiger partial charge in [-0.15, -0.1) is 0 Å². The van der Waals surface area contributed by atoms with E-state index in [0.717, 1.165) is 31.6 Å². The summed E-state index contributed by atoms with van der Waals surface area (Å²) in [7, 11) is 3.69. The second-order valence-corrected chi connectivity index (χ2v) is 5.30. The predicted octanol–water partition coefficient (Wildman–Crippen LogP) is 1.89. The Morgan fingerprint density at radius 1 is 1.48 bits per heavy atom. The van der Waals surface area contributed by atoms with Crippen molar-refractivity contribution >= 4 is 17.3 Å². The summed E-state index contributed by atoms with van der Waals surface area (Å²) in [4.78, 5) is 15.7. The minimum absolute atomic E-state index is 0.0188. The van der Waals surface area contributed by atoms with Crippen LogP contribution in [0.2, 0.25) is 0 Å². The Bertz CT molecular complexity index is 522. The summed E-state index contributed by atoms with van der Waals surface area (Å²) in [5.74, 6) is 0.712. The normalized spacial score (nSPS) is 15.6. The number of carbonyl (C=O) groups is 1. The van der Waals surface area contributed by atoms with Crippen molar-refractivity contribution in [2.45, 2.75) is 18.9 Å². The van der Waals surface area contributed by atoms with E-state index in [1.807, 2.05) is 23.1 Å². The number of amides is 1. The van der Waals surface area contributed by atoms with Crippen LogP contribution in [0.15, 0.2) is 30.9 Å². The summed E-state index contributed by atoms with van der Waals surface area (Å²) in [6, 6.07) is 6.23. The molecule has 1 aliphatic heterocycles. The molecule has 1 aromatic rings. The zero-order valence-corrected chi connectivity index (χ0v) is 12.7. The number of carbonyl (C=O) groups excluding carboxylic acids is 1. The van der Waals surface area contributed by atoms with Gasteiger partial charge in [-0.2, -0.15) is 0 Å². The van der Waals surface area contributed by atoms with Crippen LogP contribution in [0, 0.1) is 0 Å². The van der Waals surface area contributed by atoms with E-state index in [1.165, 1.54) is 6.08 Å². The Morgan fingerprint density at radius 3 is 2.71 bits per heavy atom. The molecule has 0 unspecified atom stereocenters. The number of benzene rings is 1. The van der Waals surface area contributed by atoms with E-state index in [-0.39, 0.29) is 5.91 Å². The summed E-state index contributed by atoms with van der Waals surface area (Å²) < 4.78 is 5.27. The first-order valence-electron chi connectivity index (χ1n) is 7.14. The number of nitrogens with two attached hydrogens (primary N) is 1. The number of nitrogens with zero attached hydrogens (tertiary/aromatic N) is 2. The van der Waals surface area contributed by atoms with E-state index >= 15 is 0 Å². The van der Waals surface area contributed by atoms with Gasteiger partial charge in [0.25, 0.3) is 0 Å². The van der Waals surface area contributed by atoms with Crippen LogP contribution in [0.4, 0.5) is 11.4 Å². The highest BCUT2D eigenvalue weighted by molar-refractivity contribution is 5.87. The van der Waals surface area contributed by atoms with Crippen molar-refractivity contribution in [2.24, 2.45) is 0 Å². The zero-order chi connectivity index (χ0) is 15.4. The first kappa shape index (κ1) is 15.2. The fourth-order valence-electron chi connectivity index (χ4n) is 2.73. The lowest BCUT2D eigenvalue weighted by molar-refractivity contribution is -0.126. The van der Waals surface area contributed by atoms with E-state index in [2.05, 4.69) is 18.5 Å². The van der Waals surface area contributed by atoms with Gasteiger partial charge in [-0.1, -0.05) is 6.58 Å². The molecular weight excluding hydrogens is 266 g/mol. The van der Waals surface area contributed by atoms with Gasteiger partial charge >= 0.3 is 0 Å². The largest absolute Gasteiger partial charge is 0.495 e. The Hall–Kier alpha value is -2.17. The molecular formula is C16H23N3O2. The molecule has 5 heteroatoms. The van der Waals surface area contributed by atoms with E-state index < -0.39 is 0 Å². The highest BCUT2D eigenvalue weighted by Gasteiger charge is 2.24. The first-order valence-corrected chi connectivity index (χ1v) is 7.14. The van der Waals surface area contributed by atoms with Gasteiger partial charge in [-0.3, -0.25) is 4.79 Å². The molecule has 0 aliphatic carbocycles. The number of likely N-dealkylation sites (tertiary alicyclic amines) is 1. The molecule has 114 valence electrons. The van der Waals surface area contributed by atoms with Crippen LogP contribution >= 0.6 is 0 Å². The van der Waals surface area contributed by atoms with Crippen LogP contribution in [0.3, 0.4) is 0 Å². The number of nitrogen functional groups attached to an aromatic ring is 1. The van der Waals surface area contributed by atoms with Gasteiger partial charge in [0, 0.05) is 37.9 Å². The molecule has 0 saturated carbocycles. The van der Waals surface area contributed by atoms with Gasteiger partial charge in [0.15, 0.2) is 0 Å². The molecule has 21 heavy (non-hydrogen) atoms. The van der Waals surface area contributed by atoms with Gasteiger partial charge in [0.2, 0.25) is 5.91 Å². The predicted molar refractivity (Wildman–Crippen MR) is 85.6 cm³/mol. The van der Waals surface area contributed by atoms with Crippen LogP contribution < -0.4 is 15.4 Å². The smallest absolute Gasteiger partial charge is 0.245 e. The van der Waals surface area contributed by atoms with Crippen molar-refractivity contribution in [1.29, 1.82) is 0 Å². The molecule has 5 nitrogen and oxygen atoms in total. The summed E-state index contributed by atoms with van der Waals surface area (Å²) >= 11 is 0. The van der Waals surface area contributed by atoms with Crippen LogP contribution in [0.1, 0.15) is 12.8 Å². The lowest BCUT2D eigenvalue weighted by atomic mass is 10.0. The van der Waals surface area contributed by atoms with E-state index in [9.17, 15) is 4.79 Å². The first-order chi connectivity index (χ1) is 10.1. The quantitative estimate of drug-likeness (QED) is 0.679. The Morgan fingerprint density at radius 2 is 2.14 bits per heavy atom. The number of rotatable bonds is 4. The second-order valence-electron chi connectivity index (χ2n) is 5.30. The monoisotopic (exact) mass is 289 g/mol. The fraction of sp³-hybridized carbons (Fsp3) is 0.438. The van der Waals surface area contributed by atoms with Gasteiger partial charge in [-0.05, 0) is 31.1 Å². The molecule has 1 aliphatic rings. The topological polar surface area (TPSA) is 58.8 Å². The maximum absolute atomic E-state index is 11.6. The Kier molecular flexibility index (Phi) is 4.73. The number of hydrogen-bond donors (Lipinski definition) is 1. The summed E-state index contributed by atoms with van der Waals surface area (Å²) in [5.41, 5.74) is 7.57. The highest BCUT2D eigenvalue weighted by Crippen LogP contribution is 2.29. The van der Waals surface area contributed by atoms with Gasteiger partial charge in [0.1, 0.15) is 5.75 Å². The maximum Gasteiger partial charge on any atom is 0.245 e. The van der Waals surface area contributed by atoms with E-state index in [0.29, 0.717) is 17.5 Å². The number of anilines is 2. The molecule has 1 heterocycles. The molecule has 0 radical (unpaired) electrons. The maximum atomic E-state index is 11.6. The number of piperidine rings is 1. The van der Waals surface area contributed by atoms with Crippen molar-refractivity contribution in [1.82, 2.24) is 4.90 Å². The minimum atomic E-state index is 0.0188. The molecule has 0 atom stereocenters. The summed E-state index contributed by atoms with van der Waals surface area (Å²) in [5, 5.41) is 0. The lowest BCUT2D eigenvalue weighted by Gasteiger charge is -2.37. The second kappa shape index (κ2) is 6.52. The number of methoxy groups -OCH3 is 1. The third-order valence-corrected chi connectivity index (χ3v) is 4.12. The van der Waals surface area contributed by atoms with Crippen molar-refractivity contribution in [3.05, 3.63) is 30.9 Å². The number of hydrogen-bond acceptors (Lipinski definition) is 4. The van der Waals surface area contributed by atoms with Crippen LogP contribution in [0.5, 0.6) is 5.75 Å². The van der Waals surface area contributed by atoms with E-state index in [1.54, 1.807) is 7.11 Å². The molecule has 1 amide bonds. The standard InChI is InChI=1S/C16H23N3O2/c1-4-16(20)19-9-7-12(8-10-19)18(2)13-5-6-14(17)15(11-13)21-3/h4-6,11-12H,1,7-10,17H2,2-3H3. The third-order valence-electron chi connectivity index (χ3n) is 4.12. The van der Waals surface area contributed by atoms with Gasteiger partial charge < -0.3 is 20.3 Å². The lowest BCUT2D eigenvalue weighted by Crippen LogP contribution is -2.45. The Labute approximate surface area is 126 Å². The zero-order valence-electron chi connectivity index (χ0n) is 12.7. The summed E-state index contributed by atoms with van der Waals surface area (Å²) in [6.07, 6.45) is 3.28. The van der Waals surface area contributed by atoms with Crippen LogP contribution in [0.25, 0.3) is 0 Å². The van der Waals surface area contributed by atoms with Gasteiger partial charge in [-0.25, -0.2) is 0 Å². The third kappa shape index (κ3) is 3.29. The molecule has 1 aromatic carbocycles.